The number of morpholine rings is 1. The van der Waals surface area contributed by atoms with E-state index >= 15 is 0 Å². The van der Waals surface area contributed by atoms with Gasteiger partial charge in [0.25, 0.3) is 0 Å². The Morgan fingerprint density at radius 2 is 1.64 bits per heavy atom. The van der Waals surface area contributed by atoms with Gasteiger partial charge in [0.1, 0.15) is 11.3 Å². The van der Waals surface area contributed by atoms with Crippen LogP contribution in [-0.2, 0) is 4.74 Å². The normalized spacial score (nSPS) is 14.0. The zero-order chi connectivity index (χ0) is 22.0. The van der Waals surface area contributed by atoms with Crippen LogP contribution in [0.5, 0.6) is 0 Å². The number of ether oxygens (including phenoxy) is 1. The molecule has 164 valence electrons. The van der Waals surface area contributed by atoms with E-state index in [2.05, 4.69) is 25.3 Å². The molecule has 9 nitrogen and oxygen atoms in total. The van der Waals surface area contributed by atoms with Crippen LogP contribution in [0.1, 0.15) is 0 Å². The first-order valence-electron chi connectivity index (χ1n) is 10.7. The van der Waals surface area contributed by atoms with Crippen molar-refractivity contribution in [2.24, 2.45) is 0 Å². The molecule has 5 aromatic rings. The number of hydrogen-bond acceptors (Lipinski definition) is 9. The highest BCUT2D eigenvalue weighted by Gasteiger charge is 2.22. The van der Waals surface area contributed by atoms with Gasteiger partial charge < -0.3 is 23.9 Å². The highest BCUT2D eigenvalue weighted by molar-refractivity contribution is 5.89. The average molecular weight is 440 g/mol. The molecule has 1 aliphatic rings. The van der Waals surface area contributed by atoms with E-state index in [1.807, 2.05) is 54.6 Å². The molecule has 0 aliphatic carbocycles. The van der Waals surface area contributed by atoms with E-state index in [4.69, 9.17) is 18.7 Å². The Bertz CT molecular complexity index is 1380. The maximum atomic E-state index is 6.21. The third-order valence-corrected chi connectivity index (χ3v) is 5.44. The molecule has 0 saturated carbocycles. The molecule has 4 aromatic heterocycles. The highest BCUT2D eigenvalue weighted by Crippen LogP contribution is 2.34. The molecule has 1 fully saturated rings. The minimum atomic E-state index is 0.416. The van der Waals surface area contributed by atoms with Crippen molar-refractivity contribution in [3.63, 3.8) is 0 Å². The van der Waals surface area contributed by atoms with E-state index in [0.29, 0.717) is 47.6 Å². The highest BCUT2D eigenvalue weighted by atomic mass is 16.5. The summed E-state index contributed by atoms with van der Waals surface area (Å²) in [4.78, 5) is 15.7. The van der Waals surface area contributed by atoms with E-state index in [1.165, 1.54) is 0 Å². The summed E-state index contributed by atoms with van der Waals surface area (Å²) in [6.07, 6.45) is 3.47. The van der Waals surface area contributed by atoms with Crippen molar-refractivity contribution in [2.45, 2.75) is 0 Å². The van der Waals surface area contributed by atoms with Crippen molar-refractivity contribution in [1.29, 1.82) is 0 Å². The summed E-state index contributed by atoms with van der Waals surface area (Å²) in [6, 6.07) is 17.4. The van der Waals surface area contributed by atoms with Crippen molar-refractivity contribution in [1.82, 2.24) is 20.1 Å². The molecule has 1 aliphatic heterocycles. The van der Waals surface area contributed by atoms with Gasteiger partial charge in [-0.1, -0.05) is 35.5 Å². The Morgan fingerprint density at radius 1 is 0.848 bits per heavy atom. The van der Waals surface area contributed by atoms with Crippen molar-refractivity contribution >= 4 is 28.7 Å². The number of rotatable bonds is 5. The van der Waals surface area contributed by atoms with Crippen LogP contribution >= 0.6 is 0 Å². The topological polar surface area (TPSA) is 102 Å². The fraction of sp³-hybridized carbons (Fsp3) is 0.167. The second-order valence-electron chi connectivity index (χ2n) is 7.60. The summed E-state index contributed by atoms with van der Waals surface area (Å²) in [5.74, 6) is 3.04. The standard InChI is InChI=1S/C24H20N6O3/c1-2-4-16(5-3-1)20-15-21(29-33-20)27-24-26-18-14-19(17-6-8-25-9-7-17)32-22(18)23(28-24)30-10-12-31-13-11-30/h1-9,14-15H,10-13H2,(H,26,27,28,29). The molecule has 0 unspecified atom stereocenters. The predicted molar refractivity (Wildman–Crippen MR) is 123 cm³/mol. The Labute approximate surface area is 189 Å². The SMILES string of the molecule is c1ccc(-c2cc(Nc3nc(N4CCOCC4)c4oc(-c5ccncc5)cc4n3)no2)cc1. The third kappa shape index (κ3) is 3.90. The van der Waals surface area contributed by atoms with Gasteiger partial charge in [0.2, 0.25) is 5.95 Å². The summed E-state index contributed by atoms with van der Waals surface area (Å²) < 4.78 is 17.2. The van der Waals surface area contributed by atoms with Crippen LogP contribution in [0.4, 0.5) is 17.6 Å². The number of nitrogens with one attached hydrogen (secondary N) is 1. The van der Waals surface area contributed by atoms with Gasteiger partial charge >= 0.3 is 0 Å². The lowest BCUT2D eigenvalue weighted by Crippen LogP contribution is -2.37. The zero-order valence-corrected chi connectivity index (χ0v) is 17.6. The van der Waals surface area contributed by atoms with Gasteiger partial charge in [-0.05, 0) is 12.1 Å². The summed E-state index contributed by atoms with van der Waals surface area (Å²) in [6.45, 7) is 2.71. The Balaban J connectivity index is 1.38. The maximum absolute atomic E-state index is 6.21. The van der Waals surface area contributed by atoms with E-state index in [-0.39, 0.29) is 0 Å². The maximum Gasteiger partial charge on any atom is 0.231 e. The van der Waals surface area contributed by atoms with Crippen LogP contribution in [-0.4, -0.2) is 46.4 Å². The first-order chi connectivity index (χ1) is 16.3. The minimum Gasteiger partial charge on any atom is -0.450 e. The molecule has 0 spiro atoms. The fourth-order valence-electron chi connectivity index (χ4n) is 3.81. The third-order valence-electron chi connectivity index (χ3n) is 5.44. The minimum absolute atomic E-state index is 0.416. The lowest BCUT2D eigenvalue weighted by molar-refractivity contribution is 0.122. The molecule has 1 saturated heterocycles. The van der Waals surface area contributed by atoms with Crippen molar-refractivity contribution in [3.8, 4) is 22.6 Å². The molecular formula is C24H20N6O3. The molecule has 5 heterocycles. The van der Waals surface area contributed by atoms with Crippen LogP contribution < -0.4 is 10.2 Å². The Kier molecular flexibility index (Phi) is 4.93. The number of furan rings is 1. The van der Waals surface area contributed by atoms with Gasteiger partial charge in [-0.3, -0.25) is 4.98 Å². The number of aromatic nitrogens is 4. The summed E-state index contributed by atoms with van der Waals surface area (Å²) >= 11 is 0. The van der Waals surface area contributed by atoms with Crippen molar-refractivity contribution in [3.05, 3.63) is 67.0 Å². The van der Waals surface area contributed by atoms with Crippen molar-refractivity contribution < 1.29 is 13.7 Å². The average Bonchev–Trinajstić information content (AvgIpc) is 3.53. The lowest BCUT2D eigenvalue weighted by Gasteiger charge is -2.27. The number of fused-ring (bicyclic) bond motifs is 1. The summed E-state index contributed by atoms with van der Waals surface area (Å²) in [5.41, 5.74) is 3.21. The van der Waals surface area contributed by atoms with Crippen LogP contribution in [0, 0.1) is 0 Å². The Morgan fingerprint density at radius 3 is 2.45 bits per heavy atom. The molecule has 6 rings (SSSR count). The van der Waals surface area contributed by atoms with E-state index in [9.17, 15) is 0 Å². The molecule has 0 radical (unpaired) electrons. The van der Waals surface area contributed by atoms with Crippen LogP contribution in [0.25, 0.3) is 33.7 Å². The Hall–Kier alpha value is -4.24. The largest absolute Gasteiger partial charge is 0.450 e. The molecule has 9 heteroatoms. The lowest BCUT2D eigenvalue weighted by atomic mass is 10.2. The van der Waals surface area contributed by atoms with Crippen LogP contribution in [0.3, 0.4) is 0 Å². The fourth-order valence-corrected chi connectivity index (χ4v) is 3.81. The number of anilines is 3. The monoisotopic (exact) mass is 440 g/mol. The number of hydrogen-bond donors (Lipinski definition) is 1. The summed E-state index contributed by atoms with van der Waals surface area (Å²) in [7, 11) is 0. The zero-order valence-electron chi connectivity index (χ0n) is 17.6. The van der Waals surface area contributed by atoms with Crippen molar-refractivity contribution in [2.75, 3.05) is 36.5 Å². The predicted octanol–water partition coefficient (Wildman–Crippen LogP) is 4.52. The van der Waals surface area contributed by atoms with Gasteiger partial charge in [-0.25, -0.2) is 4.98 Å². The van der Waals surface area contributed by atoms with Crippen LogP contribution in [0.15, 0.2) is 75.9 Å². The molecule has 0 atom stereocenters. The van der Waals surface area contributed by atoms with E-state index < -0.39 is 0 Å². The van der Waals surface area contributed by atoms with E-state index in [1.54, 1.807) is 12.4 Å². The van der Waals surface area contributed by atoms with E-state index in [0.717, 1.165) is 30.0 Å². The molecule has 1 aromatic carbocycles. The summed E-state index contributed by atoms with van der Waals surface area (Å²) in [5, 5.41) is 7.31. The van der Waals surface area contributed by atoms with Gasteiger partial charge in [0, 0.05) is 48.7 Å². The van der Waals surface area contributed by atoms with Gasteiger partial charge in [-0.15, -0.1) is 0 Å². The molecule has 0 amide bonds. The molecule has 1 N–H and O–H groups in total. The first-order valence-corrected chi connectivity index (χ1v) is 10.7. The molecule has 33 heavy (non-hydrogen) atoms. The molecular weight excluding hydrogens is 420 g/mol. The smallest absolute Gasteiger partial charge is 0.231 e. The van der Waals surface area contributed by atoms with Crippen LogP contribution in [0.2, 0.25) is 0 Å². The second kappa shape index (κ2) is 8.36. The number of pyridine rings is 1. The number of benzene rings is 1. The first kappa shape index (κ1) is 19.4. The quantitative estimate of drug-likeness (QED) is 0.422. The van der Waals surface area contributed by atoms with Gasteiger partial charge in [0.05, 0.1) is 13.2 Å². The second-order valence-corrected chi connectivity index (χ2v) is 7.60. The van der Waals surface area contributed by atoms with Gasteiger partial charge in [-0.2, -0.15) is 4.98 Å². The molecule has 0 bridgehead atoms. The van der Waals surface area contributed by atoms with Gasteiger partial charge in [0.15, 0.2) is 23.0 Å². The number of nitrogens with zero attached hydrogens (tertiary/aromatic N) is 5.